The third-order valence-corrected chi connectivity index (χ3v) is 1.70. The molecule has 0 aliphatic rings. The molecule has 1 unspecified atom stereocenters. The number of carbonyl (C=O) groups excluding carboxylic acids is 1. The first-order chi connectivity index (χ1) is 5.65. The summed E-state index contributed by atoms with van der Waals surface area (Å²) in [6, 6.07) is 3.93. The molecule has 0 saturated heterocycles. The second-order valence-corrected chi connectivity index (χ2v) is 2.64. The topological polar surface area (TPSA) is 37.3 Å². The van der Waals surface area contributed by atoms with Gasteiger partial charge in [-0.2, -0.15) is 0 Å². The van der Waals surface area contributed by atoms with E-state index in [9.17, 15) is 9.18 Å². The fourth-order valence-electron chi connectivity index (χ4n) is 0.885. The molecule has 1 aromatic carbocycles. The van der Waals surface area contributed by atoms with Crippen LogP contribution in [0.5, 0.6) is 5.75 Å². The number of phenols is 1. The fourth-order valence-corrected chi connectivity index (χ4v) is 0.885. The zero-order chi connectivity index (χ0) is 9.14. The van der Waals surface area contributed by atoms with Crippen LogP contribution < -0.4 is 0 Å². The van der Waals surface area contributed by atoms with Crippen LogP contribution in [-0.4, -0.2) is 11.4 Å². The van der Waals surface area contributed by atoms with Crippen molar-refractivity contribution in [1.29, 1.82) is 0 Å². The summed E-state index contributed by atoms with van der Waals surface area (Å²) < 4.78 is 12.7. The smallest absolute Gasteiger partial charge is 0.165 e. The number of halogens is 1. The van der Waals surface area contributed by atoms with Gasteiger partial charge in [0.25, 0.3) is 0 Å². The van der Waals surface area contributed by atoms with Crippen molar-refractivity contribution in [2.75, 3.05) is 0 Å². The Morgan fingerprint density at radius 1 is 1.58 bits per heavy atom. The van der Waals surface area contributed by atoms with Crippen molar-refractivity contribution in [1.82, 2.24) is 0 Å². The Hall–Kier alpha value is -1.38. The van der Waals surface area contributed by atoms with Crippen LogP contribution in [0.3, 0.4) is 0 Å². The van der Waals surface area contributed by atoms with E-state index in [4.69, 9.17) is 5.11 Å². The SMILES string of the molecule is CC(C=O)c1ccc(O)c(F)c1. The van der Waals surface area contributed by atoms with Gasteiger partial charge in [-0.05, 0) is 17.7 Å². The van der Waals surface area contributed by atoms with Gasteiger partial charge < -0.3 is 9.90 Å². The molecule has 0 amide bonds. The van der Waals surface area contributed by atoms with Crippen LogP contribution in [0.25, 0.3) is 0 Å². The van der Waals surface area contributed by atoms with Crippen LogP contribution >= 0.6 is 0 Å². The molecule has 1 atom stereocenters. The van der Waals surface area contributed by atoms with Gasteiger partial charge in [0, 0.05) is 5.92 Å². The Kier molecular flexibility index (Phi) is 2.43. The maximum absolute atomic E-state index is 12.7. The first-order valence-corrected chi connectivity index (χ1v) is 3.59. The van der Waals surface area contributed by atoms with Gasteiger partial charge in [-0.15, -0.1) is 0 Å². The molecule has 0 heterocycles. The third kappa shape index (κ3) is 1.61. The normalized spacial score (nSPS) is 12.5. The summed E-state index contributed by atoms with van der Waals surface area (Å²) in [5.74, 6) is -1.42. The van der Waals surface area contributed by atoms with Gasteiger partial charge in [-0.3, -0.25) is 0 Å². The van der Waals surface area contributed by atoms with E-state index in [1.807, 2.05) is 0 Å². The van der Waals surface area contributed by atoms with Gasteiger partial charge in [0.15, 0.2) is 11.6 Å². The van der Waals surface area contributed by atoms with Crippen LogP contribution in [0.1, 0.15) is 18.4 Å². The molecule has 0 spiro atoms. The highest BCUT2D eigenvalue weighted by atomic mass is 19.1. The summed E-state index contributed by atoms with van der Waals surface area (Å²) in [5.41, 5.74) is 0.570. The van der Waals surface area contributed by atoms with Crippen LogP contribution in [0, 0.1) is 5.82 Å². The fraction of sp³-hybridized carbons (Fsp3) is 0.222. The van der Waals surface area contributed by atoms with E-state index in [1.165, 1.54) is 12.1 Å². The number of aldehydes is 1. The highest BCUT2D eigenvalue weighted by Crippen LogP contribution is 2.20. The lowest BCUT2D eigenvalue weighted by atomic mass is 10.0. The zero-order valence-electron chi connectivity index (χ0n) is 6.62. The molecule has 0 aliphatic carbocycles. The molecular formula is C9H9FO2. The quantitative estimate of drug-likeness (QED) is 0.684. The van der Waals surface area contributed by atoms with Gasteiger partial charge in [-0.25, -0.2) is 4.39 Å². The molecule has 0 saturated carbocycles. The molecule has 12 heavy (non-hydrogen) atoms. The predicted molar refractivity (Wildman–Crippen MR) is 42.5 cm³/mol. The van der Waals surface area contributed by atoms with Crippen molar-refractivity contribution >= 4 is 6.29 Å². The van der Waals surface area contributed by atoms with Crippen molar-refractivity contribution in [3.63, 3.8) is 0 Å². The largest absolute Gasteiger partial charge is 0.505 e. The Morgan fingerprint density at radius 2 is 2.25 bits per heavy atom. The molecule has 1 rings (SSSR count). The molecule has 0 bridgehead atoms. The van der Waals surface area contributed by atoms with Gasteiger partial charge in [0.2, 0.25) is 0 Å². The molecule has 0 aromatic heterocycles. The summed E-state index contributed by atoms with van der Waals surface area (Å²) in [7, 11) is 0. The first-order valence-electron chi connectivity index (χ1n) is 3.59. The zero-order valence-corrected chi connectivity index (χ0v) is 6.62. The lowest BCUT2D eigenvalue weighted by molar-refractivity contribution is -0.108. The van der Waals surface area contributed by atoms with Gasteiger partial charge in [0.1, 0.15) is 6.29 Å². The van der Waals surface area contributed by atoms with Crippen LogP contribution in [-0.2, 0) is 4.79 Å². The van der Waals surface area contributed by atoms with Crippen molar-refractivity contribution in [2.24, 2.45) is 0 Å². The van der Waals surface area contributed by atoms with E-state index < -0.39 is 11.6 Å². The van der Waals surface area contributed by atoms with E-state index in [2.05, 4.69) is 0 Å². The lowest BCUT2D eigenvalue weighted by Gasteiger charge is -2.03. The molecule has 1 N–H and O–H groups in total. The number of rotatable bonds is 2. The van der Waals surface area contributed by atoms with E-state index in [0.29, 0.717) is 5.56 Å². The number of benzene rings is 1. The van der Waals surface area contributed by atoms with E-state index >= 15 is 0 Å². The molecule has 2 nitrogen and oxygen atoms in total. The number of carbonyl (C=O) groups is 1. The van der Waals surface area contributed by atoms with Crippen molar-refractivity contribution < 1.29 is 14.3 Å². The molecule has 3 heteroatoms. The molecule has 0 fully saturated rings. The minimum atomic E-state index is -0.693. The minimum Gasteiger partial charge on any atom is -0.505 e. The van der Waals surface area contributed by atoms with Crippen molar-refractivity contribution in [2.45, 2.75) is 12.8 Å². The highest BCUT2D eigenvalue weighted by Gasteiger charge is 2.06. The second-order valence-electron chi connectivity index (χ2n) is 2.64. The van der Waals surface area contributed by atoms with Crippen LogP contribution in [0.15, 0.2) is 18.2 Å². The number of hydrogen-bond acceptors (Lipinski definition) is 2. The second kappa shape index (κ2) is 3.34. The average molecular weight is 168 g/mol. The Bertz CT molecular complexity index is 297. The molecular weight excluding hydrogens is 159 g/mol. The van der Waals surface area contributed by atoms with E-state index in [-0.39, 0.29) is 5.92 Å². The van der Waals surface area contributed by atoms with E-state index in [0.717, 1.165) is 12.4 Å². The lowest BCUT2D eigenvalue weighted by Crippen LogP contribution is -1.94. The maximum atomic E-state index is 12.7. The minimum absolute atomic E-state index is 0.333. The van der Waals surface area contributed by atoms with Crippen LogP contribution in [0.2, 0.25) is 0 Å². The summed E-state index contributed by atoms with van der Waals surface area (Å²) in [5, 5.41) is 8.83. The number of phenolic OH excluding ortho intramolecular Hbond substituents is 1. The summed E-state index contributed by atoms with van der Waals surface area (Å²) in [6.07, 6.45) is 0.728. The standard InChI is InChI=1S/C9H9FO2/c1-6(5-11)7-2-3-9(12)8(10)4-7/h2-6,12H,1H3. The van der Waals surface area contributed by atoms with Crippen molar-refractivity contribution in [3.8, 4) is 5.75 Å². The molecule has 64 valence electrons. The predicted octanol–water partition coefficient (Wildman–Crippen LogP) is 1.83. The first kappa shape index (κ1) is 8.71. The molecule has 0 aliphatic heterocycles. The Labute approximate surface area is 69.6 Å². The Morgan fingerprint density at radius 3 is 2.75 bits per heavy atom. The number of aromatic hydroxyl groups is 1. The van der Waals surface area contributed by atoms with Gasteiger partial charge >= 0.3 is 0 Å². The Balaban J connectivity index is 3.04. The molecule has 0 radical (unpaired) electrons. The van der Waals surface area contributed by atoms with Gasteiger partial charge in [-0.1, -0.05) is 13.0 Å². The summed E-state index contributed by atoms with van der Waals surface area (Å²) in [4.78, 5) is 10.3. The average Bonchev–Trinajstić information content (AvgIpc) is 2.08. The highest BCUT2D eigenvalue weighted by molar-refractivity contribution is 5.61. The third-order valence-electron chi connectivity index (χ3n) is 1.70. The summed E-state index contributed by atoms with van der Waals surface area (Å²) in [6.45, 7) is 1.67. The molecule has 1 aromatic rings. The summed E-state index contributed by atoms with van der Waals surface area (Å²) >= 11 is 0. The monoisotopic (exact) mass is 168 g/mol. The van der Waals surface area contributed by atoms with Gasteiger partial charge in [0.05, 0.1) is 0 Å². The number of hydrogen-bond donors (Lipinski definition) is 1. The van der Waals surface area contributed by atoms with Crippen LogP contribution in [0.4, 0.5) is 4.39 Å². The van der Waals surface area contributed by atoms with E-state index in [1.54, 1.807) is 6.92 Å². The maximum Gasteiger partial charge on any atom is 0.165 e. The van der Waals surface area contributed by atoms with Crippen molar-refractivity contribution in [3.05, 3.63) is 29.6 Å².